The highest BCUT2D eigenvalue weighted by molar-refractivity contribution is 5.93. The lowest BCUT2D eigenvalue weighted by Gasteiger charge is -2.29. The van der Waals surface area contributed by atoms with Crippen LogP contribution in [0.1, 0.15) is 45.2 Å². The average Bonchev–Trinajstić information content (AvgIpc) is 2.66. The molecule has 0 saturated carbocycles. The Morgan fingerprint density at radius 3 is 2.25 bits per heavy atom. The minimum Gasteiger partial charge on any atom is -0.497 e. The molecule has 0 atom stereocenters. The van der Waals surface area contributed by atoms with Gasteiger partial charge >= 0.3 is 0 Å². The van der Waals surface area contributed by atoms with Crippen LogP contribution in [0.25, 0.3) is 0 Å². The molecule has 1 N–H and O–H groups in total. The maximum absolute atomic E-state index is 12.3. The molecule has 0 aliphatic carbocycles. The molecule has 5 nitrogen and oxygen atoms in total. The van der Waals surface area contributed by atoms with Crippen molar-refractivity contribution >= 4 is 17.5 Å². The van der Waals surface area contributed by atoms with E-state index in [9.17, 15) is 9.59 Å². The maximum atomic E-state index is 12.3. The van der Waals surface area contributed by atoms with Crippen LogP contribution in [0.4, 0.5) is 5.69 Å². The lowest BCUT2D eigenvalue weighted by molar-refractivity contribution is -0.121. The molecule has 0 unspecified atom stereocenters. The van der Waals surface area contributed by atoms with Gasteiger partial charge in [-0.05, 0) is 34.7 Å². The normalized spacial score (nSPS) is 11.0. The second-order valence-electron chi connectivity index (χ2n) is 7.81. The van der Waals surface area contributed by atoms with E-state index in [4.69, 9.17) is 4.74 Å². The van der Waals surface area contributed by atoms with Crippen molar-refractivity contribution in [3.8, 4) is 5.75 Å². The van der Waals surface area contributed by atoms with Gasteiger partial charge in [-0.3, -0.25) is 9.59 Å². The molecule has 2 aromatic carbocycles. The van der Waals surface area contributed by atoms with Gasteiger partial charge in [0.1, 0.15) is 5.75 Å². The van der Waals surface area contributed by atoms with Crippen LogP contribution in [-0.4, -0.2) is 25.5 Å². The fourth-order valence-electron chi connectivity index (χ4n) is 3.04. The van der Waals surface area contributed by atoms with E-state index in [2.05, 4.69) is 26.1 Å². The van der Waals surface area contributed by atoms with Crippen LogP contribution in [0, 0.1) is 0 Å². The van der Waals surface area contributed by atoms with Gasteiger partial charge in [0.05, 0.1) is 7.11 Å². The molecule has 0 fully saturated rings. The van der Waals surface area contributed by atoms with Gasteiger partial charge in [0.15, 0.2) is 0 Å². The van der Waals surface area contributed by atoms with Crippen LogP contribution in [0.3, 0.4) is 0 Å². The number of hydrogen-bond acceptors (Lipinski definition) is 3. The van der Waals surface area contributed by atoms with Crippen LogP contribution in [0.5, 0.6) is 5.75 Å². The molecule has 0 radical (unpaired) electrons. The zero-order chi connectivity index (χ0) is 20.7. The van der Waals surface area contributed by atoms with Gasteiger partial charge in [-0.2, -0.15) is 0 Å². The third-order valence-corrected chi connectivity index (χ3v) is 4.59. The van der Waals surface area contributed by atoms with E-state index in [0.717, 1.165) is 22.6 Å². The van der Waals surface area contributed by atoms with Gasteiger partial charge in [0.2, 0.25) is 11.8 Å². The van der Waals surface area contributed by atoms with Crippen molar-refractivity contribution in [3.63, 3.8) is 0 Å². The molecule has 2 rings (SSSR count). The summed E-state index contributed by atoms with van der Waals surface area (Å²) in [5.74, 6) is 0.625. The van der Waals surface area contributed by atoms with Crippen molar-refractivity contribution in [2.45, 2.75) is 46.1 Å². The highest BCUT2D eigenvalue weighted by Gasteiger charge is 2.23. The number of nitrogens with one attached hydrogen (secondary N) is 1. The SMILES string of the molecule is COc1ccc(CNC(=O)CCN(C(C)=O)c2ccccc2C(C)(C)C)cc1. The largest absolute Gasteiger partial charge is 0.497 e. The first-order valence-corrected chi connectivity index (χ1v) is 9.49. The van der Waals surface area contributed by atoms with E-state index in [1.807, 2.05) is 48.5 Å². The van der Waals surface area contributed by atoms with Crippen molar-refractivity contribution in [2.24, 2.45) is 0 Å². The summed E-state index contributed by atoms with van der Waals surface area (Å²) in [6.07, 6.45) is 0.244. The number of benzene rings is 2. The Labute approximate surface area is 167 Å². The second-order valence-corrected chi connectivity index (χ2v) is 7.81. The van der Waals surface area contributed by atoms with E-state index >= 15 is 0 Å². The van der Waals surface area contributed by atoms with Crippen LogP contribution < -0.4 is 15.0 Å². The summed E-state index contributed by atoms with van der Waals surface area (Å²) in [6, 6.07) is 15.4. The van der Waals surface area contributed by atoms with Gasteiger partial charge in [-0.1, -0.05) is 51.1 Å². The predicted molar refractivity (Wildman–Crippen MR) is 113 cm³/mol. The number of carbonyl (C=O) groups excluding carboxylic acids is 2. The summed E-state index contributed by atoms with van der Waals surface area (Å²) < 4.78 is 5.13. The van der Waals surface area contributed by atoms with Gasteiger partial charge in [-0.25, -0.2) is 0 Å². The van der Waals surface area contributed by atoms with Crippen LogP contribution in [-0.2, 0) is 21.5 Å². The predicted octanol–water partition coefficient (Wildman–Crippen LogP) is 4.05. The molecule has 2 amide bonds. The third kappa shape index (κ3) is 5.84. The summed E-state index contributed by atoms with van der Waals surface area (Å²) in [4.78, 5) is 26.3. The number of ether oxygens (including phenoxy) is 1. The summed E-state index contributed by atoms with van der Waals surface area (Å²) >= 11 is 0. The molecule has 0 aliphatic rings. The lowest BCUT2D eigenvalue weighted by Crippen LogP contribution is -2.35. The molecule has 150 valence electrons. The number of nitrogens with zero attached hydrogens (tertiary/aromatic N) is 1. The quantitative estimate of drug-likeness (QED) is 0.786. The Balaban J connectivity index is 2.00. The van der Waals surface area contributed by atoms with Gasteiger partial charge in [0, 0.05) is 32.1 Å². The zero-order valence-corrected chi connectivity index (χ0v) is 17.4. The molecule has 0 bridgehead atoms. The van der Waals surface area contributed by atoms with E-state index in [-0.39, 0.29) is 23.7 Å². The molecule has 0 aliphatic heterocycles. The smallest absolute Gasteiger partial charge is 0.223 e. The molecule has 2 aromatic rings. The third-order valence-electron chi connectivity index (χ3n) is 4.59. The second kappa shape index (κ2) is 9.40. The van der Waals surface area contributed by atoms with Crippen LogP contribution >= 0.6 is 0 Å². The molecule has 5 heteroatoms. The fraction of sp³-hybridized carbons (Fsp3) is 0.391. The van der Waals surface area contributed by atoms with Crippen molar-refractivity contribution < 1.29 is 14.3 Å². The van der Waals surface area contributed by atoms with Gasteiger partial charge < -0.3 is 15.0 Å². The minimum absolute atomic E-state index is 0.0698. The first-order valence-electron chi connectivity index (χ1n) is 9.49. The van der Waals surface area contributed by atoms with E-state index in [1.54, 1.807) is 12.0 Å². The number of amides is 2. The highest BCUT2D eigenvalue weighted by Crippen LogP contribution is 2.32. The Kier molecular flexibility index (Phi) is 7.21. The zero-order valence-electron chi connectivity index (χ0n) is 17.4. The molecule has 0 spiro atoms. The summed E-state index contributed by atoms with van der Waals surface area (Å²) in [5.41, 5.74) is 2.85. The van der Waals surface area contributed by atoms with Crippen molar-refractivity contribution in [1.82, 2.24) is 5.32 Å². The maximum Gasteiger partial charge on any atom is 0.223 e. The molecular formula is C23H30N2O3. The molecule has 0 saturated heterocycles. The summed E-state index contributed by atoms with van der Waals surface area (Å²) in [7, 11) is 1.62. The molecule has 0 aromatic heterocycles. The minimum atomic E-state index is -0.0963. The molecular weight excluding hydrogens is 352 g/mol. The van der Waals surface area contributed by atoms with Gasteiger partial charge in [0.25, 0.3) is 0 Å². The summed E-state index contributed by atoms with van der Waals surface area (Å²) in [5, 5.41) is 2.91. The topological polar surface area (TPSA) is 58.6 Å². The van der Waals surface area contributed by atoms with Crippen molar-refractivity contribution in [1.29, 1.82) is 0 Å². The number of anilines is 1. The fourth-order valence-corrected chi connectivity index (χ4v) is 3.04. The Morgan fingerprint density at radius 2 is 1.68 bits per heavy atom. The van der Waals surface area contributed by atoms with E-state index in [0.29, 0.717) is 13.1 Å². The molecule has 0 heterocycles. The Morgan fingerprint density at radius 1 is 1.04 bits per heavy atom. The average molecular weight is 383 g/mol. The van der Waals surface area contributed by atoms with E-state index in [1.165, 1.54) is 6.92 Å². The van der Waals surface area contributed by atoms with Crippen LogP contribution in [0.15, 0.2) is 48.5 Å². The molecule has 28 heavy (non-hydrogen) atoms. The standard InChI is InChI=1S/C23H30N2O3/c1-17(26)25(21-9-7-6-8-20(21)23(2,3)4)15-14-22(27)24-16-18-10-12-19(28-5)13-11-18/h6-13H,14-16H2,1-5H3,(H,24,27). The number of methoxy groups -OCH3 is 1. The van der Waals surface area contributed by atoms with E-state index < -0.39 is 0 Å². The number of carbonyl (C=O) groups is 2. The monoisotopic (exact) mass is 382 g/mol. The summed E-state index contributed by atoms with van der Waals surface area (Å²) in [6.45, 7) is 8.68. The number of rotatable bonds is 7. The lowest BCUT2D eigenvalue weighted by atomic mass is 9.85. The van der Waals surface area contributed by atoms with Crippen molar-refractivity contribution in [2.75, 3.05) is 18.6 Å². The first kappa shape index (κ1) is 21.5. The Bertz CT molecular complexity index is 807. The Hall–Kier alpha value is -2.82. The first-order chi connectivity index (χ1) is 13.2. The number of hydrogen-bond donors (Lipinski definition) is 1. The van der Waals surface area contributed by atoms with Gasteiger partial charge in [-0.15, -0.1) is 0 Å². The van der Waals surface area contributed by atoms with Crippen LogP contribution in [0.2, 0.25) is 0 Å². The highest BCUT2D eigenvalue weighted by atomic mass is 16.5. The number of para-hydroxylation sites is 1. The van der Waals surface area contributed by atoms with Crippen molar-refractivity contribution in [3.05, 3.63) is 59.7 Å².